The van der Waals surface area contributed by atoms with Crippen LogP contribution in [0.25, 0.3) is 0 Å². The molecule has 1 amide bonds. The number of carbonyl (C=O) groups excluding carboxylic acids is 1. The fraction of sp³-hybridized carbons (Fsp3) is 0.733. The maximum Gasteiger partial charge on any atom is 0.232 e. The average molecular weight is 276 g/mol. The Bertz CT molecular complexity index is 510. The maximum absolute atomic E-state index is 12.5. The second kappa shape index (κ2) is 4.88. The Labute approximate surface area is 120 Å². The zero-order chi connectivity index (χ0) is 14.3. The molecule has 0 N–H and O–H groups in total. The van der Waals surface area contributed by atoms with Gasteiger partial charge in [-0.05, 0) is 33.2 Å². The first-order valence-electron chi connectivity index (χ1n) is 7.50. The summed E-state index contributed by atoms with van der Waals surface area (Å²) in [4.78, 5) is 21.1. The molecular weight excluding hydrogens is 252 g/mol. The van der Waals surface area contributed by atoms with Gasteiger partial charge in [0, 0.05) is 38.9 Å². The van der Waals surface area contributed by atoms with Gasteiger partial charge in [-0.3, -0.25) is 9.69 Å². The van der Waals surface area contributed by atoms with Gasteiger partial charge in [0.05, 0.1) is 17.4 Å². The lowest BCUT2D eigenvalue weighted by Gasteiger charge is -2.54. The van der Waals surface area contributed by atoms with Crippen molar-refractivity contribution in [2.45, 2.75) is 39.3 Å². The molecule has 0 radical (unpaired) electrons. The van der Waals surface area contributed by atoms with Crippen molar-refractivity contribution < 1.29 is 4.79 Å². The zero-order valence-corrected chi connectivity index (χ0v) is 12.7. The first-order chi connectivity index (χ1) is 9.52. The van der Waals surface area contributed by atoms with Gasteiger partial charge < -0.3 is 9.47 Å². The van der Waals surface area contributed by atoms with Crippen LogP contribution in [0.1, 0.15) is 32.4 Å². The molecule has 20 heavy (non-hydrogen) atoms. The Morgan fingerprint density at radius 1 is 1.40 bits per heavy atom. The summed E-state index contributed by atoms with van der Waals surface area (Å²) < 4.78 is 2.06. The lowest BCUT2D eigenvalue weighted by molar-refractivity contribution is -0.169. The average Bonchev–Trinajstić information content (AvgIpc) is 2.81. The third kappa shape index (κ3) is 2.14. The van der Waals surface area contributed by atoms with Crippen molar-refractivity contribution in [2.24, 2.45) is 12.5 Å². The topological polar surface area (TPSA) is 41.4 Å². The number of hydrogen-bond donors (Lipinski definition) is 0. The Kier molecular flexibility index (Phi) is 3.32. The molecule has 0 aliphatic carbocycles. The normalized spacial score (nSPS) is 27.4. The van der Waals surface area contributed by atoms with Crippen LogP contribution in [0.3, 0.4) is 0 Å². The van der Waals surface area contributed by atoms with E-state index in [-0.39, 0.29) is 5.41 Å². The number of nitrogens with zero attached hydrogens (tertiary/aromatic N) is 4. The number of aryl methyl sites for hydroxylation is 1. The highest BCUT2D eigenvalue weighted by atomic mass is 16.2. The molecule has 1 aromatic rings. The number of rotatable bonds is 3. The van der Waals surface area contributed by atoms with Gasteiger partial charge in [0.1, 0.15) is 0 Å². The molecule has 3 heterocycles. The smallest absolute Gasteiger partial charge is 0.232 e. The van der Waals surface area contributed by atoms with Crippen molar-refractivity contribution in [2.75, 3.05) is 19.6 Å². The van der Waals surface area contributed by atoms with Crippen LogP contribution in [-0.2, 0) is 18.4 Å². The molecule has 0 aromatic carbocycles. The standard InChI is InChI=1S/C15H24N4O/c1-12(2)19-10-15(14(19)20)5-4-6-18(9-15)8-13-7-16-11-17(13)3/h7,11-12H,4-6,8-10H2,1-3H3. The van der Waals surface area contributed by atoms with Crippen LogP contribution in [0.5, 0.6) is 0 Å². The van der Waals surface area contributed by atoms with E-state index in [2.05, 4.69) is 28.3 Å². The van der Waals surface area contributed by atoms with Crippen LogP contribution in [0.2, 0.25) is 0 Å². The van der Waals surface area contributed by atoms with E-state index in [1.807, 2.05) is 24.5 Å². The Hall–Kier alpha value is -1.36. The van der Waals surface area contributed by atoms with Gasteiger partial charge >= 0.3 is 0 Å². The summed E-state index contributed by atoms with van der Waals surface area (Å²) in [5.74, 6) is 0.363. The van der Waals surface area contributed by atoms with E-state index in [4.69, 9.17) is 0 Å². The molecule has 5 heteroatoms. The van der Waals surface area contributed by atoms with E-state index in [0.717, 1.165) is 39.0 Å². The van der Waals surface area contributed by atoms with Crippen LogP contribution in [0, 0.1) is 5.41 Å². The van der Waals surface area contributed by atoms with Gasteiger partial charge in [-0.2, -0.15) is 0 Å². The molecule has 1 atom stereocenters. The van der Waals surface area contributed by atoms with Crippen molar-refractivity contribution in [3.8, 4) is 0 Å². The lowest BCUT2D eigenvalue weighted by atomic mass is 9.71. The summed E-state index contributed by atoms with van der Waals surface area (Å²) in [6.07, 6.45) is 5.93. The van der Waals surface area contributed by atoms with Crippen molar-refractivity contribution in [3.05, 3.63) is 18.2 Å². The summed E-state index contributed by atoms with van der Waals surface area (Å²) in [7, 11) is 2.02. The SMILES string of the molecule is CC(C)N1CC2(CCCN(Cc3cncn3C)C2)C1=O. The second-order valence-electron chi connectivity index (χ2n) is 6.62. The fourth-order valence-electron chi connectivity index (χ4n) is 3.53. The van der Waals surface area contributed by atoms with Crippen molar-refractivity contribution in [1.82, 2.24) is 19.4 Å². The molecule has 0 saturated carbocycles. The van der Waals surface area contributed by atoms with Gasteiger partial charge in [-0.15, -0.1) is 0 Å². The van der Waals surface area contributed by atoms with Crippen molar-refractivity contribution >= 4 is 5.91 Å². The maximum atomic E-state index is 12.5. The molecule has 2 saturated heterocycles. The van der Waals surface area contributed by atoms with Crippen LogP contribution in [0.15, 0.2) is 12.5 Å². The van der Waals surface area contributed by atoms with Gasteiger partial charge in [-0.1, -0.05) is 0 Å². The first kappa shape index (κ1) is 13.6. The highest BCUT2D eigenvalue weighted by Gasteiger charge is 2.54. The third-order valence-electron chi connectivity index (χ3n) is 4.77. The van der Waals surface area contributed by atoms with Gasteiger partial charge in [0.25, 0.3) is 0 Å². The number of aromatic nitrogens is 2. The number of amides is 1. The van der Waals surface area contributed by atoms with Crippen molar-refractivity contribution in [3.63, 3.8) is 0 Å². The van der Waals surface area contributed by atoms with Crippen LogP contribution >= 0.6 is 0 Å². The van der Waals surface area contributed by atoms with Gasteiger partial charge in [0.2, 0.25) is 5.91 Å². The summed E-state index contributed by atoms with van der Waals surface area (Å²) in [5, 5.41) is 0. The second-order valence-corrected chi connectivity index (χ2v) is 6.62. The number of carbonyl (C=O) groups is 1. The number of imidazole rings is 1. The molecule has 2 fully saturated rings. The summed E-state index contributed by atoms with van der Waals surface area (Å²) in [6.45, 7) is 8.02. The highest BCUT2D eigenvalue weighted by molar-refractivity contribution is 5.89. The minimum Gasteiger partial charge on any atom is -0.339 e. The fourth-order valence-corrected chi connectivity index (χ4v) is 3.53. The molecular formula is C15H24N4O. The number of hydrogen-bond acceptors (Lipinski definition) is 3. The van der Waals surface area contributed by atoms with Gasteiger partial charge in [-0.25, -0.2) is 4.98 Å². The van der Waals surface area contributed by atoms with E-state index in [1.54, 1.807) is 0 Å². The van der Waals surface area contributed by atoms with Gasteiger partial charge in [0.15, 0.2) is 0 Å². The minimum atomic E-state index is -0.0961. The summed E-state index contributed by atoms with van der Waals surface area (Å²) >= 11 is 0. The van der Waals surface area contributed by atoms with Crippen LogP contribution in [-0.4, -0.2) is 50.9 Å². The van der Waals surface area contributed by atoms with Crippen LogP contribution < -0.4 is 0 Å². The summed E-state index contributed by atoms with van der Waals surface area (Å²) in [5.41, 5.74) is 1.12. The van der Waals surface area contributed by atoms with E-state index >= 15 is 0 Å². The quantitative estimate of drug-likeness (QED) is 0.780. The number of likely N-dealkylation sites (tertiary alicyclic amines) is 2. The molecule has 5 nitrogen and oxygen atoms in total. The number of piperidine rings is 1. The highest BCUT2D eigenvalue weighted by Crippen LogP contribution is 2.41. The monoisotopic (exact) mass is 276 g/mol. The third-order valence-corrected chi connectivity index (χ3v) is 4.77. The predicted octanol–water partition coefficient (Wildman–Crippen LogP) is 1.25. The molecule has 3 rings (SSSR count). The van der Waals surface area contributed by atoms with E-state index in [0.29, 0.717) is 11.9 Å². The summed E-state index contributed by atoms with van der Waals surface area (Å²) in [6, 6.07) is 0.334. The number of β-lactam (4-membered cyclic amide) rings is 1. The minimum absolute atomic E-state index is 0.0961. The van der Waals surface area contributed by atoms with Crippen molar-refractivity contribution in [1.29, 1.82) is 0 Å². The largest absolute Gasteiger partial charge is 0.339 e. The van der Waals surface area contributed by atoms with Crippen LogP contribution in [0.4, 0.5) is 0 Å². The molecule has 1 unspecified atom stereocenters. The first-order valence-corrected chi connectivity index (χ1v) is 7.50. The predicted molar refractivity (Wildman–Crippen MR) is 77.0 cm³/mol. The molecule has 0 bridgehead atoms. The molecule has 2 aliphatic rings. The van der Waals surface area contributed by atoms with E-state index in [1.165, 1.54) is 5.69 Å². The molecule has 1 aromatic heterocycles. The Morgan fingerprint density at radius 3 is 2.80 bits per heavy atom. The molecule has 110 valence electrons. The Balaban J connectivity index is 1.66. The zero-order valence-electron chi connectivity index (χ0n) is 12.7. The molecule has 1 spiro atoms. The molecule has 2 aliphatic heterocycles. The van der Waals surface area contributed by atoms with E-state index < -0.39 is 0 Å². The van der Waals surface area contributed by atoms with E-state index in [9.17, 15) is 4.79 Å². The lowest BCUT2D eigenvalue weighted by Crippen LogP contribution is -2.68. The Morgan fingerprint density at radius 2 is 2.20 bits per heavy atom.